The van der Waals surface area contributed by atoms with Gasteiger partial charge in [-0.25, -0.2) is 0 Å². The van der Waals surface area contributed by atoms with E-state index in [4.69, 9.17) is 16.0 Å². The predicted molar refractivity (Wildman–Crippen MR) is 84.0 cm³/mol. The largest absolute Gasteiger partial charge is 0.369 e. The smallest absolute Gasteiger partial charge is 0.259 e. The van der Waals surface area contributed by atoms with Gasteiger partial charge in [0.25, 0.3) is 5.89 Å². The first-order valence-electron chi connectivity index (χ1n) is 7.22. The van der Waals surface area contributed by atoms with Gasteiger partial charge in [0.2, 0.25) is 5.91 Å². The number of carbonyl (C=O) groups excluding carboxylic acids is 1. The van der Waals surface area contributed by atoms with Crippen LogP contribution in [0.25, 0.3) is 11.5 Å². The first kappa shape index (κ1) is 15.1. The first-order valence-corrected chi connectivity index (χ1v) is 8.21. The third-order valence-corrected chi connectivity index (χ3v) is 4.95. The van der Waals surface area contributed by atoms with E-state index < -0.39 is 5.54 Å². The molecular weight excluding hydrogens is 300 g/mol. The number of primary amides is 1. The van der Waals surface area contributed by atoms with Crippen molar-refractivity contribution in [3.8, 4) is 11.5 Å². The molecule has 0 unspecified atom stereocenters. The molecule has 4 N–H and O–H groups in total. The molecule has 3 rings (SSSR count). The number of nitrogens with two attached hydrogens (primary N) is 2. The van der Waals surface area contributed by atoms with Crippen LogP contribution in [0.1, 0.15) is 31.5 Å². The predicted octanol–water partition coefficient (Wildman–Crippen LogP) is 2.04. The molecule has 1 aromatic carbocycles. The van der Waals surface area contributed by atoms with Crippen molar-refractivity contribution in [2.75, 3.05) is 5.75 Å². The van der Waals surface area contributed by atoms with Crippen LogP contribution in [0.2, 0.25) is 0 Å². The molecule has 1 aliphatic carbocycles. The van der Waals surface area contributed by atoms with Crippen LogP contribution in [-0.4, -0.2) is 21.8 Å². The van der Waals surface area contributed by atoms with Gasteiger partial charge in [-0.3, -0.25) is 4.79 Å². The molecule has 0 radical (unpaired) electrons. The molecule has 0 bridgehead atoms. The second-order valence-corrected chi connectivity index (χ2v) is 6.55. The number of carbonyl (C=O) groups is 1. The van der Waals surface area contributed by atoms with Crippen LogP contribution in [0, 0.1) is 0 Å². The standard InChI is InChI=1S/C15H18N4O2S/c16-12(20)9-22-11-6-2-1-5-10(11)13-18-14(19-21-13)15(17)7-3-4-8-15/h1-2,5-6H,3-4,7-9,17H2,(H2,16,20). The summed E-state index contributed by atoms with van der Waals surface area (Å²) in [4.78, 5) is 16.3. The third kappa shape index (κ3) is 3.00. The fourth-order valence-electron chi connectivity index (χ4n) is 2.68. The minimum Gasteiger partial charge on any atom is -0.369 e. The fourth-order valence-corrected chi connectivity index (χ4v) is 3.47. The van der Waals surface area contributed by atoms with Gasteiger partial charge in [0.1, 0.15) is 0 Å². The molecule has 1 amide bonds. The van der Waals surface area contributed by atoms with Crippen molar-refractivity contribution in [1.29, 1.82) is 0 Å². The molecule has 1 heterocycles. The lowest BCUT2D eigenvalue weighted by atomic mass is 9.99. The molecule has 0 spiro atoms. The SMILES string of the molecule is NC(=O)CSc1ccccc1-c1nc(C2(N)CCCC2)no1. The summed E-state index contributed by atoms with van der Waals surface area (Å²) in [5.74, 6) is 0.839. The maximum absolute atomic E-state index is 11.0. The third-order valence-electron chi connectivity index (χ3n) is 3.85. The molecule has 1 aliphatic rings. The molecule has 7 heteroatoms. The van der Waals surface area contributed by atoms with Crippen molar-refractivity contribution in [3.05, 3.63) is 30.1 Å². The van der Waals surface area contributed by atoms with Crippen LogP contribution in [-0.2, 0) is 10.3 Å². The van der Waals surface area contributed by atoms with Crippen LogP contribution < -0.4 is 11.5 Å². The maximum Gasteiger partial charge on any atom is 0.259 e. The van der Waals surface area contributed by atoms with Gasteiger partial charge in [0.15, 0.2) is 5.82 Å². The zero-order chi connectivity index (χ0) is 15.6. The second kappa shape index (κ2) is 6.10. The Bertz CT molecular complexity index is 680. The van der Waals surface area contributed by atoms with Crippen molar-refractivity contribution in [2.45, 2.75) is 36.1 Å². The number of benzene rings is 1. The van der Waals surface area contributed by atoms with Crippen molar-refractivity contribution < 1.29 is 9.32 Å². The summed E-state index contributed by atoms with van der Waals surface area (Å²) in [5.41, 5.74) is 11.9. The Morgan fingerprint density at radius 1 is 1.32 bits per heavy atom. The van der Waals surface area contributed by atoms with E-state index in [1.54, 1.807) is 0 Å². The zero-order valence-electron chi connectivity index (χ0n) is 12.1. The zero-order valence-corrected chi connectivity index (χ0v) is 12.9. The van der Waals surface area contributed by atoms with Gasteiger partial charge in [0.05, 0.1) is 16.9 Å². The second-order valence-electron chi connectivity index (χ2n) is 5.54. The van der Waals surface area contributed by atoms with E-state index in [-0.39, 0.29) is 11.7 Å². The van der Waals surface area contributed by atoms with Gasteiger partial charge >= 0.3 is 0 Å². The highest BCUT2D eigenvalue weighted by Gasteiger charge is 2.36. The number of nitrogens with zero attached hydrogens (tertiary/aromatic N) is 2. The van der Waals surface area contributed by atoms with Gasteiger partial charge in [-0.15, -0.1) is 11.8 Å². The van der Waals surface area contributed by atoms with Crippen LogP contribution in [0.5, 0.6) is 0 Å². The Morgan fingerprint density at radius 3 is 2.77 bits per heavy atom. The van der Waals surface area contributed by atoms with E-state index in [9.17, 15) is 4.79 Å². The highest BCUT2D eigenvalue weighted by molar-refractivity contribution is 8.00. The Labute approximate surface area is 132 Å². The van der Waals surface area contributed by atoms with E-state index in [0.717, 1.165) is 36.1 Å². The molecule has 1 aromatic heterocycles. The fraction of sp³-hybridized carbons (Fsp3) is 0.400. The van der Waals surface area contributed by atoms with Crippen molar-refractivity contribution >= 4 is 17.7 Å². The summed E-state index contributed by atoms with van der Waals surface area (Å²) < 4.78 is 5.41. The summed E-state index contributed by atoms with van der Waals surface area (Å²) in [5, 5.41) is 4.07. The number of rotatable bonds is 5. The van der Waals surface area contributed by atoms with E-state index in [1.807, 2.05) is 24.3 Å². The average Bonchev–Trinajstić information content (AvgIpc) is 3.15. The van der Waals surface area contributed by atoms with Gasteiger partial charge in [-0.2, -0.15) is 4.98 Å². The monoisotopic (exact) mass is 318 g/mol. The van der Waals surface area contributed by atoms with Crippen LogP contribution in [0.3, 0.4) is 0 Å². The molecule has 0 aliphatic heterocycles. The summed E-state index contributed by atoms with van der Waals surface area (Å²) in [6.45, 7) is 0. The van der Waals surface area contributed by atoms with E-state index in [1.165, 1.54) is 11.8 Å². The van der Waals surface area contributed by atoms with Crippen LogP contribution >= 0.6 is 11.8 Å². The molecular formula is C15H18N4O2S. The Balaban J connectivity index is 1.88. The van der Waals surface area contributed by atoms with Crippen molar-refractivity contribution in [1.82, 2.24) is 10.1 Å². The molecule has 0 atom stereocenters. The van der Waals surface area contributed by atoms with Gasteiger partial charge in [-0.1, -0.05) is 30.1 Å². The van der Waals surface area contributed by atoms with Gasteiger partial charge < -0.3 is 16.0 Å². The van der Waals surface area contributed by atoms with Gasteiger partial charge in [0, 0.05) is 4.90 Å². The van der Waals surface area contributed by atoms with Crippen LogP contribution in [0.15, 0.2) is 33.7 Å². The van der Waals surface area contributed by atoms with E-state index >= 15 is 0 Å². The minimum atomic E-state index is -0.475. The lowest BCUT2D eigenvalue weighted by Crippen LogP contribution is -2.34. The topological polar surface area (TPSA) is 108 Å². The number of amides is 1. The first-order chi connectivity index (χ1) is 10.6. The minimum absolute atomic E-state index is 0.207. The van der Waals surface area contributed by atoms with Crippen molar-refractivity contribution in [3.63, 3.8) is 0 Å². The summed E-state index contributed by atoms with van der Waals surface area (Å²) in [6, 6.07) is 7.58. The molecule has 1 saturated carbocycles. The number of aromatic nitrogens is 2. The van der Waals surface area contributed by atoms with E-state index in [2.05, 4.69) is 10.1 Å². The van der Waals surface area contributed by atoms with Crippen molar-refractivity contribution in [2.24, 2.45) is 11.5 Å². The maximum atomic E-state index is 11.0. The number of hydrogen-bond donors (Lipinski definition) is 2. The molecule has 22 heavy (non-hydrogen) atoms. The number of thioether (sulfide) groups is 1. The molecule has 1 fully saturated rings. The van der Waals surface area contributed by atoms with E-state index in [0.29, 0.717) is 11.7 Å². The van der Waals surface area contributed by atoms with Crippen LogP contribution in [0.4, 0.5) is 0 Å². The normalized spacial score (nSPS) is 16.8. The molecule has 6 nitrogen and oxygen atoms in total. The molecule has 116 valence electrons. The quantitative estimate of drug-likeness (QED) is 0.817. The lowest BCUT2D eigenvalue weighted by Gasteiger charge is -2.17. The highest BCUT2D eigenvalue weighted by atomic mass is 32.2. The Hall–Kier alpha value is -1.86. The highest BCUT2D eigenvalue weighted by Crippen LogP contribution is 2.36. The van der Waals surface area contributed by atoms with Gasteiger partial charge in [-0.05, 0) is 25.0 Å². The molecule has 2 aromatic rings. The Morgan fingerprint density at radius 2 is 2.05 bits per heavy atom. The summed E-state index contributed by atoms with van der Waals surface area (Å²) in [6.07, 6.45) is 3.94. The Kier molecular flexibility index (Phi) is 4.17. The molecule has 0 saturated heterocycles. The lowest BCUT2D eigenvalue weighted by molar-refractivity contribution is -0.115. The summed E-state index contributed by atoms with van der Waals surface area (Å²) in [7, 11) is 0. The average molecular weight is 318 g/mol. The number of hydrogen-bond acceptors (Lipinski definition) is 6. The summed E-state index contributed by atoms with van der Waals surface area (Å²) >= 11 is 1.36.